The van der Waals surface area contributed by atoms with Crippen LogP contribution in [0.4, 0.5) is 14.5 Å². The molecule has 1 heterocycles. The van der Waals surface area contributed by atoms with Gasteiger partial charge < -0.3 is 10.7 Å². The highest BCUT2D eigenvalue weighted by atomic mass is 19.1. The monoisotopic (exact) mass is 259 g/mol. The lowest BCUT2D eigenvalue weighted by molar-refractivity contribution is 0.582. The van der Waals surface area contributed by atoms with E-state index in [0.29, 0.717) is 22.3 Å². The number of nitrogens with two attached hydrogens (primary N) is 1. The summed E-state index contributed by atoms with van der Waals surface area (Å²) in [6, 6.07) is 7.70. The maximum atomic E-state index is 14.0. The summed E-state index contributed by atoms with van der Waals surface area (Å²) in [5.74, 6) is -1.08. The quantitative estimate of drug-likeness (QED) is 0.658. The minimum absolute atomic E-state index is 0.144. The molecular formula is C14H11F2N3. The molecule has 3 nitrogen and oxygen atoms in total. The number of aryl methyl sites for hydroxylation is 1. The highest BCUT2D eigenvalue weighted by Crippen LogP contribution is 2.28. The molecule has 0 aliphatic heterocycles. The van der Waals surface area contributed by atoms with Gasteiger partial charge in [0.15, 0.2) is 0 Å². The van der Waals surface area contributed by atoms with Crippen LogP contribution in [0.2, 0.25) is 0 Å². The SMILES string of the molecule is Cc1ccc(F)c(-c2nc3ccc(N)cc3[nH]2)c1F. The molecule has 19 heavy (non-hydrogen) atoms. The Hall–Kier alpha value is -2.43. The Bertz CT molecular complexity index is 778. The van der Waals surface area contributed by atoms with Crippen molar-refractivity contribution in [2.24, 2.45) is 0 Å². The molecule has 0 radical (unpaired) electrons. The molecule has 3 aromatic rings. The number of rotatable bonds is 1. The first-order valence-corrected chi connectivity index (χ1v) is 5.76. The molecule has 3 rings (SSSR count). The number of fused-ring (bicyclic) bond motifs is 1. The number of nitrogens with zero attached hydrogens (tertiary/aromatic N) is 1. The van der Waals surface area contributed by atoms with Crippen LogP contribution in [-0.2, 0) is 0 Å². The molecule has 3 N–H and O–H groups in total. The second-order valence-electron chi connectivity index (χ2n) is 4.42. The van der Waals surface area contributed by atoms with Gasteiger partial charge in [-0.15, -0.1) is 0 Å². The van der Waals surface area contributed by atoms with E-state index in [9.17, 15) is 8.78 Å². The summed E-state index contributed by atoms with van der Waals surface area (Å²) < 4.78 is 27.8. The number of aromatic nitrogens is 2. The van der Waals surface area contributed by atoms with Gasteiger partial charge in [0.1, 0.15) is 17.5 Å². The summed E-state index contributed by atoms with van der Waals surface area (Å²) in [6.45, 7) is 1.58. The van der Waals surface area contributed by atoms with Crippen LogP contribution >= 0.6 is 0 Å². The van der Waals surface area contributed by atoms with Crippen LogP contribution in [0.25, 0.3) is 22.4 Å². The lowest BCUT2D eigenvalue weighted by Crippen LogP contribution is -1.94. The van der Waals surface area contributed by atoms with Gasteiger partial charge in [-0.1, -0.05) is 6.07 Å². The number of nitrogen functional groups attached to an aromatic ring is 1. The number of nitrogens with one attached hydrogen (secondary N) is 1. The standard InChI is InChI=1S/C14H11F2N3/c1-7-2-4-9(15)12(13(7)16)14-18-10-5-3-8(17)6-11(10)19-14/h2-6H,17H2,1H3,(H,18,19). The van der Waals surface area contributed by atoms with E-state index in [0.717, 1.165) is 0 Å². The van der Waals surface area contributed by atoms with Crippen molar-refractivity contribution in [1.82, 2.24) is 9.97 Å². The maximum Gasteiger partial charge on any atom is 0.144 e. The van der Waals surface area contributed by atoms with E-state index in [2.05, 4.69) is 9.97 Å². The molecule has 5 heteroatoms. The number of imidazole rings is 1. The lowest BCUT2D eigenvalue weighted by atomic mass is 10.1. The summed E-state index contributed by atoms with van der Waals surface area (Å²) in [6.07, 6.45) is 0. The third kappa shape index (κ3) is 1.83. The number of hydrogen-bond acceptors (Lipinski definition) is 2. The number of aromatic amines is 1. The predicted molar refractivity (Wildman–Crippen MR) is 70.6 cm³/mol. The smallest absolute Gasteiger partial charge is 0.144 e. The fourth-order valence-electron chi connectivity index (χ4n) is 2.02. The summed E-state index contributed by atoms with van der Waals surface area (Å²) in [7, 11) is 0. The Labute approximate surface area is 108 Å². The molecule has 0 saturated carbocycles. The second-order valence-corrected chi connectivity index (χ2v) is 4.42. The van der Waals surface area contributed by atoms with Crippen LogP contribution < -0.4 is 5.73 Å². The largest absolute Gasteiger partial charge is 0.399 e. The Morgan fingerprint density at radius 2 is 1.95 bits per heavy atom. The first-order chi connectivity index (χ1) is 9.06. The molecular weight excluding hydrogens is 248 g/mol. The van der Waals surface area contributed by atoms with Crippen LogP contribution in [0.5, 0.6) is 0 Å². The maximum absolute atomic E-state index is 14.0. The zero-order valence-electron chi connectivity index (χ0n) is 10.2. The minimum atomic E-state index is -0.643. The summed E-state index contributed by atoms with van der Waals surface area (Å²) >= 11 is 0. The molecule has 2 aromatic carbocycles. The topological polar surface area (TPSA) is 54.7 Å². The zero-order valence-corrected chi connectivity index (χ0v) is 10.2. The summed E-state index contributed by atoms with van der Waals surface area (Å²) in [4.78, 5) is 7.09. The van der Waals surface area contributed by atoms with Gasteiger partial charge in [0.05, 0.1) is 16.6 Å². The summed E-state index contributed by atoms with van der Waals surface area (Å²) in [5.41, 5.74) is 7.71. The van der Waals surface area contributed by atoms with Gasteiger partial charge in [0.25, 0.3) is 0 Å². The molecule has 0 spiro atoms. The molecule has 0 unspecified atom stereocenters. The van der Waals surface area contributed by atoms with Crippen molar-refractivity contribution in [3.05, 3.63) is 47.5 Å². The van der Waals surface area contributed by atoms with Gasteiger partial charge in [-0.25, -0.2) is 13.8 Å². The molecule has 96 valence electrons. The van der Waals surface area contributed by atoms with Gasteiger partial charge in [-0.3, -0.25) is 0 Å². The Balaban J connectivity index is 2.27. The third-order valence-electron chi connectivity index (χ3n) is 3.03. The van der Waals surface area contributed by atoms with Crippen LogP contribution in [-0.4, -0.2) is 9.97 Å². The van der Waals surface area contributed by atoms with Crippen molar-refractivity contribution in [3.63, 3.8) is 0 Å². The number of anilines is 1. The van der Waals surface area contributed by atoms with Gasteiger partial charge in [-0.2, -0.15) is 0 Å². The van der Waals surface area contributed by atoms with Crippen LogP contribution in [0.1, 0.15) is 5.56 Å². The first-order valence-electron chi connectivity index (χ1n) is 5.76. The van der Waals surface area contributed by atoms with Crippen molar-refractivity contribution in [2.45, 2.75) is 6.92 Å². The average Bonchev–Trinajstić information content (AvgIpc) is 2.77. The highest BCUT2D eigenvalue weighted by Gasteiger charge is 2.17. The zero-order chi connectivity index (χ0) is 13.6. The van der Waals surface area contributed by atoms with Crippen molar-refractivity contribution in [3.8, 4) is 11.4 Å². The number of benzene rings is 2. The van der Waals surface area contributed by atoms with Crippen molar-refractivity contribution in [2.75, 3.05) is 5.73 Å². The van der Waals surface area contributed by atoms with Gasteiger partial charge >= 0.3 is 0 Å². The molecule has 0 aliphatic rings. The van der Waals surface area contributed by atoms with E-state index in [-0.39, 0.29) is 11.4 Å². The molecule has 1 aromatic heterocycles. The fourth-order valence-corrected chi connectivity index (χ4v) is 2.02. The Kier molecular flexibility index (Phi) is 2.48. The fraction of sp³-hybridized carbons (Fsp3) is 0.0714. The number of halogens is 2. The van der Waals surface area contributed by atoms with E-state index >= 15 is 0 Å². The normalized spacial score (nSPS) is 11.1. The van der Waals surface area contributed by atoms with Crippen LogP contribution in [0, 0.1) is 18.6 Å². The van der Waals surface area contributed by atoms with Crippen LogP contribution in [0.15, 0.2) is 30.3 Å². The highest BCUT2D eigenvalue weighted by molar-refractivity contribution is 5.82. The molecule has 0 amide bonds. The van der Waals surface area contributed by atoms with Crippen LogP contribution in [0.3, 0.4) is 0 Å². The molecule has 0 fully saturated rings. The molecule has 0 bridgehead atoms. The van der Waals surface area contributed by atoms with E-state index in [1.54, 1.807) is 25.1 Å². The second kappa shape index (κ2) is 4.05. The van der Waals surface area contributed by atoms with E-state index < -0.39 is 11.6 Å². The predicted octanol–water partition coefficient (Wildman–Crippen LogP) is 3.40. The van der Waals surface area contributed by atoms with Gasteiger partial charge in [-0.05, 0) is 36.8 Å². The van der Waals surface area contributed by atoms with E-state index in [1.807, 2.05) is 0 Å². The Morgan fingerprint density at radius 1 is 1.16 bits per heavy atom. The minimum Gasteiger partial charge on any atom is -0.399 e. The third-order valence-corrected chi connectivity index (χ3v) is 3.03. The van der Waals surface area contributed by atoms with Crippen molar-refractivity contribution >= 4 is 16.7 Å². The molecule has 0 atom stereocenters. The summed E-state index contributed by atoms with van der Waals surface area (Å²) in [5, 5.41) is 0. The first kappa shape index (κ1) is 11.6. The lowest BCUT2D eigenvalue weighted by Gasteiger charge is -2.03. The van der Waals surface area contributed by atoms with E-state index in [4.69, 9.17) is 5.73 Å². The van der Waals surface area contributed by atoms with Gasteiger partial charge in [0.2, 0.25) is 0 Å². The van der Waals surface area contributed by atoms with E-state index in [1.165, 1.54) is 12.1 Å². The average molecular weight is 259 g/mol. The number of H-pyrrole nitrogens is 1. The van der Waals surface area contributed by atoms with Crippen molar-refractivity contribution in [1.29, 1.82) is 0 Å². The molecule has 0 aliphatic carbocycles. The number of hydrogen-bond donors (Lipinski definition) is 2. The van der Waals surface area contributed by atoms with Gasteiger partial charge in [0, 0.05) is 5.69 Å². The van der Waals surface area contributed by atoms with Crippen molar-refractivity contribution < 1.29 is 8.78 Å². The Morgan fingerprint density at radius 3 is 2.74 bits per heavy atom. The molecule has 0 saturated heterocycles.